The normalized spacial score (nSPS) is 11.2. The van der Waals surface area contributed by atoms with Crippen molar-refractivity contribution in [2.24, 2.45) is 4.99 Å². The van der Waals surface area contributed by atoms with Gasteiger partial charge in [-0.2, -0.15) is 4.98 Å². The van der Waals surface area contributed by atoms with Gasteiger partial charge in [-0.15, -0.1) is 0 Å². The second kappa shape index (κ2) is 11.9. The van der Waals surface area contributed by atoms with Crippen LogP contribution in [0.1, 0.15) is 30.9 Å². The van der Waals surface area contributed by atoms with E-state index in [-0.39, 0.29) is 0 Å². The van der Waals surface area contributed by atoms with E-state index in [1.54, 1.807) is 6.20 Å². The Morgan fingerprint density at radius 2 is 1.88 bits per heavy atom. The van der Waals surface area contributed by atoms with Crippen molar-refractivity contribution in [1.29, 1.82) is 0 Å². The van der Waals surface area contributed by atoms with Crippen molar-refractivity contribution < 1.29 is 0 Å². The van der Waals surface area contributed by atoms with Crippen LogP contribution in [0.25, 0.3) is 5.70 Å². The van der Waals surface area contributed by atoms with E-state index in [1.807, 2.05) is 49.4 Å². The molecule has 0 radical (unpaired) electrons. The highest BCUT2D eigenvalue weighted by atomic mass is 35.5. The molecule has 32 heavy (non-hydrogen) atoms. The van der Waals surface area contributed by atoms with Gasteiger partial charge in [-0.25, -0.2) is 4.98 Å². The van der Waals surface area contributed by atoms with E-state index in [0.717, 1.165) is 54.4 Å². The number of hydrogen-bond acceptors (Lipinski definition) is 6. The van der Waals surface area contributed by atoms with E-state index in [9.17, 15) is 0 Å². The molecule has 0 bridgehead atoms. The lowest BCUT2D eigenvalue weighted by atomic mass is 10.1. The van der Waals surface area contributed by atoms with E-state index in [1.165, 1.54) is 5.56 Å². The first-order valence-electron chi connectivity index (χ1n) is 10.7. The molecule has 3 N–H and O–H groups in total. The van der Waals surface area contributed by atoms with Gasteiger partial charge in [0.15, 0.2) is 0 Å². The lowest BCUT2D eigenvalue weighted by molar-refractivity contribution is 0.721. The Bertz CT molecular complexity index is 1060. The van der Waals surface area contributed by atoms with Gasteiger partial charge in [0.2, 0.25) is 5.95 Å². The molecule has 0 aliphatic heterocycles. The van der Waals surface area contributed by atoms with Crippen LogP contribution < -0.4 is 16.0 Å². The Morgan fingerprint density at radius 1 is 1.09 bits per heavy atom. The summed E-state index contributed by atoms with van der Waals surface area (Å²) in [7, 11) is 0. The molecule has 166 valence electrons. The minimum atomic E-state index is 0.618. The van der Waals surface area contributed by atoms with Crippen molar-refractivity contribution >= 4 is 47.2 Å². The van der Waals surface area contributed by atoms with Gasteiger partial charge in [0.05, 0.1) is 5.69 Å². The van der Waals surface area contributed by atoms with Gasteiger partial charge in [-0.05, 0) is 69.8 Å². The predicted molar refractivity (Wildman–Crippen MR) is 137 cm³/mol. The lowest BCUT2D eigenvalue weighted by Gasteiger charge is -2.13. The standard InChI is InChI=1S/C25H29ClN6/c1-4-22(21-12-9-19(26)17-23(21)27-3)28-14-5-6-15-29-25-30-16-13-24(32-25)31-20-10-7-18(2)8-11-20/h4,7-13,16-17,28H,3,5-6,14-15H2,1-2H3,(H2,29,30,31,32)/b22-4+. The summed E-state index contributed by atoms with van der Waals surface area (Å²) in [5, 5.41) is 10.7. The average molecular weight is 449 g/mol. The van der Waals surface area contributed by atoms with Gasteiger partial charge >= 0.3 is 0 Å². The fourth-order valence-corrected chi connectivity index (χ4v) is 3.35. The number of allylic oxidation sites excluding steroid dienone is 1. The molecule has 0 saturated carbocycles. The maximum atomic E-state index is 6.06. The minimum Gasteiger partial charge on any atom is -0.385 e. The molecule has 0 amide bonds. The summed E-state index contributed by atoms with van der Waals surface area (Å²) >= 11 is 6.06. The molecule has 0 saturated heterocycles. The molecule has 6 nitrogen and oxygen atoms in total. The Labute approximate surface area is 194 Å². The molecular formula is C25H29ClN6. The van der Waals surface area contributed by atoms with E-state index in [4.69, 9.17) is 11.6 Å². The second-order valence-corrected chi connectivity index (χ2v) is 7.78. The van der Waals surface area contributed by atoms with Gasteiger partial charge in [0.1, 0.15) is 5.82 Å². The molecule has 0 unspecified atom stereocenters. The zero-order valence-corrected chi connectivity index (χ0v) is 19.3. The van der Waals surface area contributed by atoms with Crippen molar-refractivity contribution in [1.82, 2.24) is 15.3 Å². The van der Waals surface area contributed by atoms with E-state index in [0.29, 0.717) is 11.0 Å². The first kappa shape index (κ1) is 23.3. The highest BCUT2D eigenvalue weighted by Gasteiger charge is 2.07. The fourth-order valence-electron chi connectivity index (χ4n) is 3.19. The molecule has 0 fully saturated rings. The van der Waals surface area contributed by atoms with Gasteiger partial charge in [0.25, 0.3) is 0 Å². The molecule has 3 rings (SSSR count). The second-order valence-electron chi connectivity index (χ2n) is 7.34. The quantitative estimate of drug-likeness (QED) is 0.235. The van der Waals surface area contributed by atoms with Crippen LogP contribution in [0.2, 0.25) is 5.02 Å². The number of aliphatic imine (C=N–C) groups is 1. The zero-order chi connectivity index (χ0) is 22.8. The number of aromatic nitrogens is 2. The number of unbranched alkanes of at least 4 members (excludes halogenated alkanes) is 1. The third-order valence-electron chi connectivity index (χ3n) is 4.89. The summed E-state index contributed by atoms with van der Waals surface area (Å²) in [6.07, 6.45) is 5.77. The minimum absolute atomic E-state index is 0.618. The highest BCUT2D eigenvalue weighted by molar-refractivity contribution is 6.30. The van der Waals surface area contributed by atoms with Crippen molar-refractivity contribution in [2.45, 2.75) is 26.7 Å². The number of halogens is 1. The Morgan fingerprint density at radius 3 is 2.62 bits per heavy atom. The largest absolute Gasteiger partial charge is 0.385 e. The first-order chi connectivity index (χ1) is 15.6. The summed E-state index contributed by atoms with van der Waals surface area (Å²) in [5.74, 6) is 1.38. The summed E-state index contributed by atoms with van der Waals surface area (Å²) in [5.41, 5.74) is 5.02. The molecule has 0 spiro atoms. The summed E-state index contributed by atoms with van der Waals surface area (Å²) in [4.78, 5) is 12.9. The fraction of sp³-hybridized carbons (Fsp3) is 0.240. The number of anilines is 3. The van der Waals surface area contributed by atoms with Crippen molar-refractivity contribution in [3.63, 3.8) is 0 Å². The van der Waals surface area contributed by atoms with E-state index >= 15 is 0 Å². The molecule has 1 heterocycles. The van der Waals surface area contributed by atoms with E-state index < -0.39 is 0 Å². The number of benzene rings is 2. The molecule has 1 aromatic heterocycles. The number of nitrogens with zero attached hydrogens (tertiary/aromatic N) is 3. The molecule has 0 aliphatic rings. The Balaban J connectivity index is 1.43. The molecule has 7 heteroatoms. The average Bonchev–Trinajstić information content (AvgIpc) is 2.81. The van der Waals surface area contributed by atoms with Gasteiger partial charge in [-0.3, -0.25) is 4.99 Å². The summed E-state index contributed by atoms with van der Waals surface area (Å²) in [6.45, 7) is 9.35. The van der Waals surface area contributed by atoms with Crippen molar-refractivity contribution in [3.8, 4) is 0 Å². The van der Waals surface area contributed by atoms with Gasteiger partial charge in [-0.1, -0.05) is 35.4 Å². The number of aryl methyl sites for hydroxylation is 1. The smallest absolute Gasteiger partial charge is 0.224 e. The van der Waals surface area contributed by atoms with Crippen LogP contribution in [0.4, 0.5) is 23.1 Å². The molecule has 3 aromatic rings. The number of hydrogen-bond donors (Lipinski definition) is 3. The van der Waals surface area contributed by atoms with Crippen molar-refractivity contribution in [3.05, 3.63) is 77.0 Å². The molecular weight excluding hydrogens is 420 g/mol. The summed E-state index contributed by atoms with van der Waals surface area (Å²) in [6, 6.07) is 15.7. The summed E-state index contributed by atoms with van der Waals surface area (Å²) < 4.78 is 0. The maximum Gasteiger partial charge on any atom is 0.224 e. The Hall–Kier alpha value is -3.38. The highest BCUT2D eigenvalue weighted by Crippen LogP contribution is 2.28. The van der Waals surface area contributed by atoms with Gasteiger partial charge in [0, 0.05) is 41.3 Å². The van der Waals surface area contributed by atoms with Crippen LogP contribution in [0.3, 0.4) is 0 Å². The topological polar surface area (TPSA) is 74.2 Å². The van der Waals surface area contributed by atoms with Crippen LogP contribution in [0.15, 0.2) is 65.8 Å². The van der Waals surface area contributed by atoms with Crippen LogP contribution in [0, 0.1) is 6.92 Å². The lowest BCUT2D eigenvalue weighted by Crippen LogP contribution is -2.15. The molecule has 2 aromatic carbocycles. The zero-order valence-electron chi connectivity index (χ0n) is 18.5. The molecule has 0 atom stereocenters. The monoisotopic (exact) mass is 448 g/mol. The SMILES string of the molecule is C=Nc1cc(Cl)ccc1/C(=C\C)NCCCCNc1nccc(Nc2ccc(C)cc2)n1. The first-order valence-corrected chi connectivity index (χ1v) is 11.0. The maximum absolute atomic E-state index is 6.06. The van der Waals surface area contributed by atoms with E-state index in [2.05, 4.69) is 56.7 Å². The number of nitrogens with one attached hydrogen (secondary N) is 3. The molecule has 0 aliphatic carbocycles. The van der Waals surface area contributed by atoms with Crippen molar-refractivity contribution in [2.75, 3.05) is 23.7 Å². The third kappa shape index (κ3) is 6.82. The number of rotatable bonds is 11. The van der Waals surface area contributed by atoms with Crippen LogP contribution >= 0.6 is 11.6 Å². The van der Waals surface area contributed by atoms with Crippen LogP contribution in [0.5, 0.6) is 0 Å². The Kier molecular flexibility index (Phi) is 8.63. The predicted octanol–water partition coefficient (Wildman–Crippen LogP) is 6.36. The van der Waals surface area contributed by atoms with Crippen LogP contribution in [-0.2, 0) is 0 Å². The third-order valence-corrected chi connectivity index (χ3v) is 5.13. The van der Waals surface area contributed by atoms with Gasteiger partial charge < -0.3 is 16.0 Å². The van der Waals surface area contributed by atoms with Crippen LogP contribution in [-0.4, -0.2) is 29.8 Å².